The number of rotatable bonds is 6. The summed E-state index contributed by atoms with van der Waals surface area (Å²) in [4.78, 5) is 18.1. The first-order valence-electron chi connectivity index (χ1n) is 6.03. The molecule has 0 bridgehead atoms. The van der Waals surface area contributed by atoms with E-state index in [-0.39, 0.29) is 13.1 Å². The number of aliphatic carboxylic acids is 1. The van der Waals surface area contributed by atoms with E-state index in [2.05, 4.69) is 20.3 Å². The number of carboxylic acid groups (broad SMARTS) is 1. The number of carbonyl (C=O) groups is 1. The zero-order chi connectivity index (χ0) is 14.4. The van der Waals surface area contributed by atoms with Gasteiger partial charge in [-0.15, -0.1) is 0 Å². The molecule has 0 spiro atoms. The maximum Gasteiger partial charge on any atom is 0.325 e. The van der Waals surface area contributed by atoms with Gasteiger partial charge in [-0.05, 0) is 10.9 Å². The van der Waals surface area contributed by atoms with Crippen LogP contribution < -0.4 is 5.32 Å². The van der Waals surface area contributed by atoms with Gasteiger partial charge in [0.1, 0.15) is 6.04 Å². The first-order valence-corrected chi connectivity index (χ1v) is 6.03. The van der Waals surface area contributed by atoms with Crippen molar-refractivity contribution in [2.75, 3.05) is 13.1 Å². The minimum atomic E-state index is -0.996. The Kier molecular flexibility index (Phi) is 4.49. The predicted octanol–water partition coefficient (Wildman–Crippen LogP) is 2.26. The molecule has 20 heavy (non-hydrogen) atoms. The molecule has 7 nitrogen and oxygen atoms in total. The van der Waals surface area contributed by atoms with Crippen molar-refractivity contribution < 1.29 is 9.90 Å². The van der Waals surface area contributed by atoms with Gasteiger partial charge in [-0.3, -0.25) is 9.78 Å². The number of hydrogen-bond acceptors (Lipinski definition) is 4. The van der Waals surface area contributed by atoms with E-state index in [4.69, 9.17) is 5.53 Å². The maximum absolute atomic E-state index is 11.4. The monoisotopic (exact) mass is 271 g/mol. The molecule has 2 aromatic rings. The van der Waals surface area contributed by atoms with Gasteiger partial charge in [-0.2, -0.15) is 0 Å². The molecule has 0 aliphatic rings. The molecule has 102 valence electrons. The Balaban J connectivity index is 2.31. The van der Waals surface area contributed by atoms with Crippen molar-refractivity contribution in [2.45, 2.75) is 6.04 Å². The van der Waals surface area contributed by atoms with Crippen molar-refractivity contribution in [3.63, 3.8) is 0 Å². The summed E-state index contributed by atoms with van der Waals surface area (Å²) in [6.45, 7) is 0.475. The lowest BCUT2D eigenvalue weighted by atomic mass is 10.0. The number of hydrogen-bond donors (Lipinski definition) is 2. The van der Waals surface area contributed by atoms with E-state index in [0.29, 0.717) is 5.56 Å². The van der Waals surface area contributed by atoms with Crippen molar-refractivity contribution in [1.29, 1.82) is 0 Å². The molecule has 7 heteroatoms. The van der Waals surface area contributed by atoms with Crippen molar-refractivity contribution in [3.05, 3.63) is 52.7 Å². The van der Waals surface area contributed by atoms with Crippen molar-refractivity contribution in [1.82, 2.24) is 10.3 Å². The minimum Gasteiger partial charge on any atom is -0.480 e. The summed E-state index contributed by atoms with van der Waals surface area (Å²) >= 11 is 0. The quantitative estimate of drug-likeness (QED) is 0.363. The van der Waals surface area contributed by atoms with Crippen LogP contribution in [-0.2, 0) is 4.79 Å². The molecule has 1 unspecified atom stereocenters. The number of azide groups is 1. The number of carboxylic acids is 1. The van der Waals surface area contributed by atoms with E-state index in [1.165, 1.54) is 0 Å². The lowest BCUT2D eigenvalue weighted by molar-refractivity contribution is -0.139. The number of pyridine rings is 1. The minimum absolute atomic E-state index is 0.193. The average molecular weight is 271 g/mol. The maximum atomic E-state index is 11.4. The van der Waals surface area contributed by atoms with Crippen LogP contribution in [0.15, 0.2) is 41.8 Å². The molecule has 0 radical (unpaired) electrons. The largest absolute Gasteiger partial charge is 0.480 e. The summed E-state index contributed by atoms with van der Waals surface area (Å²) in [7, 11) is 0. The van der Waals surface area contributed by atoms with Gasteiger partial charge >= 0.3 is 5.97 Å². The van der Waals surface area contributed by atoms with Gasteiger partial charge in [0, 0.05) is 41.3 Å². The standard InChI is InChI=1S/C13H13N5O2/c14-18-17-6-5-16-12(13(19)20)11-8-15-7-9-3-1-2-4-10(9)11/h1-4,7-8,12,16H,5-6H2,(H,19,20). The van der Waals surface area contributed by atoms with Gasteiger partial charge in [-0.25, -0.2) is 0 Å². The van der Waals surface area contributed by atoms with Crippen LogP contribution in [0.1, 0.15) is 11.6 Å². The molecule has 2 rings (SSSR count). The van der Waals surface area contributed by atoms with Crippen LogP contribution in [0.3, 0.4) is 0 Å². The molecule has 2 N–H and O–H groups in total. The van der Waals surface area contributed by atoms with E-state index in [1.54, 1.807) is 12.4 Å². The van der Waals surface area contributed by atoms with Crippen LogP contribution in [0.25, 0.3) is 21.2 Å². The molecule has 0 saturated heterocycles. The molecule has 0 saturated carbocycles. The van der Waals surface area contributed by atoms with Crippen LogP contribution in [0.2, 0.25) is 0 Å². The van der Waals surface area contributed by atoms with Crippen molar-refractivity contribution >= 4 is 16.7 Å². The fourth-order valence-electron chi connectivity index (χ4n) is 2.00. The highest BCUT2D eigenvalue weighted by molar-refractivity contribution is 5.89. The van der Waals surface area contributed by atoms with Crippen LogP contribution in [0.5, 0.6) is 0 Å². The highest BCUT2D eigenvalue weighted by Gasteiger charge is 2.21. The van der Waals surface area contributed by atoms with Gasteiger partial charge in [0.15, 0.2) is 0 Å². The second kappa shape index (κ2) is 6.51. The van der Waals surface area contributed by atoms with Gasteiger partial charge in [0.25, 0.3) is 0 Å². The van der Waals surface area contributed by atoms with E-state index < -0.39 is 12.0 Å². The second-order valence-corrected chi connectivity index (χ2v) is 4.13. The summed E-state index contributed by atoms with van der Waals surface area (Å²) < 4.78 is 0. The smallest absolute Gasteiger partial charge is 0.325 e. The number of benzene rings is 1. The number of nitrogens with one attached hydrogen (secondary N) is 1. The zero-order valence-corrected chi connectivity index (χ0v) is 10.6. The van der Waals surface area contributed by atoms with Crippen LogP contribution in [0.4, 0.5) is 0 Å². The Hall–Kier alpha value is -2.63. The highest BCUT2D eigenvalue weighted by Crippen LogP contribution is 2.23. The van der Waals surface area contributed by atoms with E-state index in [1.807, 2.05) is 24.3 Å². The highest BCUT2D eigenvalue weighted by atomic mass is 16.4. The Morgan fingerprint density at radius 1 is 1.45 bits per heavy atom. The van der Waals surface area contributed by atoms with E-state index in [0.717, 1.165) is 10.8 Å². The molecule has 0 aliphatic carbocycles. The Labute approximate surface area is 114 Å². The summed E-state index contributed by atoms with van der Waals surface area (Å²) in [6.07, 6.45) is 3.24. The molecule has 0 amide bonds. The second-order valence-electron chi connectivity index (χ2n) is 4.13. The normalized spacial score (nSPS) is 11.8. The van der Waals surface area contributed by atoms with Gasteiger partial charge in [0.2, 0.25) is 0 Å². The average Bonchev–Trinajstić information content (AvgIpc) is 2.47. The SMILES string of the molecule is [N-]=[N+]=NCCNC(C(=O)O)c1cncc2ccccc12. The van der Waals surface area contributed by atoms with Gasteiger partial charge < -0.3 is 10.4 Å². The lowest BCUT2D eigenvalue weighted by Crippen LogP contribution is -2.30. The van der Waals surface area contributed by atoms with Crippen LogP contribution in [-0.4, -0.2) is 29.1 Å². The van der Waals surface area contributed by atoms with Crippen molar-refractivity contribution in [2.24, 2.45) is 5.11 Å². The summed E-state index contributed by atoms with van der Waals surface area (Å²) in [5, 5.41) is 17.3. The third kappa shape index (κ3) is 3.03. The molecular weight excluding hydrogens is 258 g/mol. The molecule has 1 aromatic heterocycles. The fourth-order valence-corrected chi connectivity index (χ4v) is 2.00. The molecule has 1 aromatic carbocycles. The van der Waals surface area contributed by atoms with Gasteiger partial charge in [0.05, 0.1) is 0 Å². The molecule has 0 aliphatic heterocycles. The lowest BCUT2D eigenvalue weighted by Gasteiger charge is -2.15. The number of fused-ring (bicyclic) bond motifs is 1. The van der Waals surface area contributed by atoms with Crippen molar-refractivity contribution in [3.8, 4) is 0 Å². The van der Waals surface area contributed by atoms with Crippen LogP contribution in [0, 0.1) is 0 Å². The first-order chi connectivity index (χ1) is 9.74. The Bertz CT molecular complexity index is 661. The molecular formula is C13H13N5O2. The third-order valence-electron chi connectivity index (χ3n) is 2.88. The van der Waals surface area contributed by atoms with Gasteiger partial charge in [-0.1, -0.05) is 29.4 Å². The predicted molar refractivity (Wildman–Crippen MR) is 74.1 cm³/mol. The summed E-state index contributed by atoms with van der Waals surface area (Å²) in [6, 6.07) is 6.58. The molecule has 1 atom stereocenters. The molecule has 0 fully saturated rings. The summed E-state index contributed by atoms with van der Waals surface area (Å²) in [5.41, 5.74) is 8.80. The third-order valence-corrected chi connectivity index (χ3v) is 2.88. The topological polar surface area (TPSA) is 111 Å². The summed E-state index contributed by atoms with van der Waals surface area (Å²) in [5.74, 6) is -0.996. The Morgan fingerprint density at radius 2 is 2.25 bits per heavy atom. The van der Waals surface area contributed by atoms with E-state index in [9.17, 15) is 9.90 Å². The zero-order valence-electron chi connectivity index (χ0n) is 10.6. The molecule has 1 heterocycles. The van der Waals surface area contributed by atoms with E-state index >= 15 is 0 Å². The Morgan fingerprint density at radius 3 is 3.00 bits per heavy atom. The number of aromatic nitrogens is 1. The first kappa shape index (κ1) is 13.8. The fraction of sp³-hybridized carbons (Fsp3) is 0.231. The van der Waals surface area contributed by atoms with Crippen LogP contribution >= 0.6 is 0 Å². The number of nitrogens with zero attached hydrogens (tertiary/aromatic N) is 4.